The molecular weight excluding hydrogens is 506 g/mol. The third kappa shape index (κ3) is 7.83. The van der Waals surface area contributed by atoms with Gasteiger partial charge >= 0.3 is 0 Å². The first kappa shape index (κ1) is 29.1. The zero-order valence-electron chi connectivity index (χ0n) is 23.3. The molecule has 0 fully saturated rings. The lowest BCUT2D eigenvalue weighted by molar-refractivity contribution is 0.0755. The number of aliphatic hydroxyl groups excluding tert-OH is 1. The molecule has 2 atom stereocenters. The van der Waals surface area contributed by atoms with Crippen LogP contribution in [0.5, 0.6) is 11.5 Å². The van der Waals surface area contributed by atoms with Crippen LogP contribution in [0.1, 0.15) is 58.5 Å². The number of hydrogen-bond acceptors (Lipinski definition) is 6. The minimum atomic E-state index is -0.868. The first-order valence-electron chi connectivity index (χ1n) is 14.0. The van der Waals surface area contributed by atoms with Crippen LogP contribution in [0.3, 0.4) is 0 Å². The van der Waals surface area contributed by atoms with Crippen LogP contribution in [0.15, 0.2) is 72.8 Å². The summed E-state index contributed by atoms with van der Waals surface area (Å²) in [6, 6.07) is 21.8. The molecule has 0 aromatic heterocycles. The summed E-state index contributed by atoms with van der Waals surface area (Å²) in [5, 5.41) is 17.5. The summed E-state index contributed by atoms with van der Waals surface area (Å²) < 4.78 is 10.9. The van der Waals surface area contributed by atoms with Gasteiger partial charge in [-0.25, -0.2) is 0 Å². The molecule has 40 heavy (non-hydrogen) atoms. The number of nitrogens with one attached hydrogen (secondary N) is 2. The van der Waals surface area contributed by atoms with E-state index in [2.05, 4.69) is 10.6 Å². The van der Waals surface area contributed by atoms with Gasteiger partial charge in [0.05, 0.1) is 12.1 Å². The van der Waals surface area contributed by atoms with Gasteiger partial charge in [-0.1, -0.05) is 56.3 Å². The lowest BCUT2D eigenvalue weighted by Crippen LogP contribution is -2.48. The van der Waals surface area contributed by atoms with Gasteiger partial charge in [0.15, 0.2) is 11.5 Å². The number of rotatable bonds is 14. The number of carbonyl (C=O) groups is 2. The van der Waals surface area contributed by atoms with Crippen molar-refractivity contribution in [3.05, 3.63) is 95.1 Å². The van der Waals surface area contributed by atoms with Crippen molar-refractivity contribution in [3.8, 4) is 11.5 Å². The van der Waals surface area contributed by atoms with Gasteiger partial charge in [-0.15, -0.1) is 0 Å². The SMILES string of the molecule is CCCN(CCC)C(=O)c1cccc(C(=O)N[C@@H](Cc2ccc3c(c2)OCO3)[C@H](O)CNCc2ccccc2)c1. The maximum atomic E-state index is 13.4. The number of fused-ring (bicyclic) bond motifs is 1. The molecule has 1 aliphatic heterocycles. The topological polar surface area (TPSA) is 100 Å². The Labute approximate surface area is 236 Å². The summed E-state index contributed by atoms with van der Waals surface area (Å²) in [5.41, 5.74) is 2.86. The van der Waals surface area contributed by atoms with Gasteiger partial charge in [-0.05, 0) is 60.7 Å². The Hall–Kier alpha value is -3.88. The van der Waals surface area contributed by atoms with Crippen LogP contribution in [0.25, 0.3) is 0 Å². The van der Waals surface area contributed by atoms with Crippen LogP contribution in [-0.2, 0) is 13.0 Å². The first-order chi connectivity index (χ1) is 19.5. The lowest BCUT2D eigenvalue weighted by atomic mass is 9.99. The fraction of sp³-hybridized carbons (Fsp3) is 0.375. The van der Waals surface area contributed by atoms with Gasteiger partial charge in [0.1, 0.15) is 0 Å². The molecule has 0 saturated heterocycles. The average Bonchev–Trinajstić information content (AvgIpc) is 3.45. The molecule has 4 rings (SSSR count). The van der Waals surface area contributed by atoms with E-state index in [0.29, 0.717) is 48.7 Å². The molecule has 0 unspecified atom stereocenters. The maximum absolute atomic E-state index is 13.4. The molecule has 3 N–H and O–H groups in total. The fourth-order valence-electron chi connectivity index (χ4n) is 4.79. The predicted octanol–water partition coefficient (Wildman–Crippen LogP) is 4.17. The second kappa shape index (κ2) is 14.5. The van der Waals surface area contributed by atoms with E-state index in [-0.39, 0.29) is 25.2 Å². The molecule has 3 aromatic carbocycles. The van der Waals surface area contributed by atoms with E-state index in [1.54, 1.807) is 24.3 Å². The monoisotopic (exact) mass is 545 g/mol. The number of benzene rings is 3. The Morgan fingerprint density at radius 3 is 2.35 bits per heavy atom. The Bertz CT molecular complexity index is 1260. The molecule has 0 aliphatic carbocycles. The summed E-state index contributed by atoms with van der Waals surface area (Å²) in [4.78, 5) is 28.4. The molecule has 3 aromatic rings. The zero-order valence-corrected chi connectivity index (χ0v) is 23.3. The molecule has 212 valence electrons. The number of amides is 2. The van der Waals surface area contributed by atoms with E-state index in [4.69, 9.17) is 9.47 Å². The minimum Gasteiger partial charge on any atom is -0.454 e. The summed E-state index contributed by atoms with van der Waals surface area (Å²) in [6.45, 7) is 6.48. The van der Waals surface area contributed by atoms with Crippen molar-refractivity contribution in [1.82, 2.24) is 15.5 Å². The van der Waals surface area contributed by atoms with Gasteiger partial charge in [0, 0.05) is 37.3 Å². The molecule has 8 heteroatoms. The maximum Gasteiger partial charge on any atom is 0.253 e. The molecule has 0 bridgehead atoms. The van der Waals surface area contributed by atoms with Crippen LogP contribution < -0.4 is 20.1 Å². The highest BCUT2D eigenvalue weighted by atomic mass is 16.7. The first-order valence-corrected chi connectivity index (χ1v) is 14.0. The zero-order chi connectivity index (χ0) is 28.3. The lowest BCUT2D eigenvalue weighted by Gasteiger charge is -2.25. The highest BCUT2D eigenvalue weighted by molar-refractivity contribution is 5.99. The van der Waals surface area contributed by atoms with Crippen molar-refractivity contribution in [3.63, 3.8) is 0 Å². The third-order valence-corrected chi connectivity index (χ3v) is 6.84. The van der Waals surface area contributed by atoms with Crippen molar-refractivity contribution in [2.45, 2.75) is 51.8 Å². The van der Waals surface area contributed by atoms with Crippen molar-refractivity contribution in [1.29, 1.82) is 0 Å². The number of ether oxygens (including phenoxy) is 2. The van der Waals surface area contributed by atoms with E-state index < -0.39 is 12.1 Å². The van der Waals surface area contributed by atoms with Gasteiger partial charge in [0.2, 0.25) is 6.79 Å². The van der Waals surface area contributed by atoms with E-state index >= 15 is 0 Å². The van der Waals surface area contributed by atoms with Crippen LogP contribution in [0, 0.1) is 0 Å². The molecule has 0 spiro atoms. The minimum absolute atomic E-state index is 0.0830. The van der Waals surface area contributed by atoms with E-state index in [1.807, 2.05) is 67.3 Å². The van der Waals surface area contributed by atoms with Gasteiger partial charge in [-0.2, -0.15) is 0 Å². The highest BCUT2D eigenvalue weighted by Crippen LogP contribution is 2.33. The second-order valence-corrected chi connectivity index (χ2v) is 10.0. The van der Waals surface area contributed by atoms with Gasteiger partial charge in [0.25, 0.3) is 11.8 Å². The number of aliphatic hydroxyl groups is 1. The number of carbonyl (C=O) groups excluding carboxylic acids is 2. The predicted molar refractivity (Wildman–Crippen MR) is 155 cm³/mol. The van der Waals surface area contributed by atoms with Crippen molar-refractivity contribution < 1.29 is 24.2 Å². The normalized spacial score (nSPS) is 13.5. The molecular formula is C32H39N3O5. The molecule has 1 heterocycles. The van der Waals surface area contributed by atoms with Crippen molar-refractivity contribution in [2.24, 2.45) is 0 Å². The average molecular weight is 546 g/mol. The molecule has 2 amide bonds. The number of hydrogen-bond donors (Lipinski definition) is 3. The Kier molecular flexibility index (Phi) is 10.5. The Morgan fingerprint density at radius 2 is 1.60 bits per heavy atom. The second-order valence-electron chi connectivity index (χ2n) is 10.0. The van der Waals surface area contributed by atoms with Crippen molar-refractivity contribution >= 4 is 11.8 Å². The van der Waals surface area contributed by atoms with Crippen molar-refractivity contribution in [2.75, 3.05) is 26.4 Å². The van der Waals surface area contributed by atoms with E-state index in [9.17, 15) is 14.7 Å². The van der Waals surface area contributed by atoms with Crippen LogP contribution in [0.2, 0.25) is 0 Å². The Balaban J connectivity index is 1.48. The van der Waals surface area contributed by atoms with Crippen LogP contribution in [-0.4, -0.2) is 60.4 Å². The highest BCUT2D eigenvalue weighted by Gasteiger charge is 2.24. The summed E-state index contributed by atoms with van der Waals surface area (Å²) in [7, 11) is 0. The molecule has 0 saturated carbocycles. The van der Waals surface area contributed by atoms with Gasteiger partial charge < -0.3 is 30.1 Å². The largest absolute Gasteiger partial charge is 0.454 e. The summed E-state index contributed by atoms with van der Waals surface area (Å²) in [5.74, 6) is 0.894. The Morgan fingerprint density at radius 1 is 0.875 bits per heavy atom. The van der Waals surface area contributed by atoms with E-state index in [1.165, 1.54) is 0 Å². The van der Waals surface area contributed by atoms with E-state index in [0.717, 1.165) is 24.0 Å². The van der Waals surface area contributed by atoms with Gasteiger partial charge in [-0.3, -0.25) is 9.59 Å². The molecule has 1 aliphatic rings. The number of nitrogens with zero attached hydrogens (tertiary/aromatic N) is 1. The molecule has 8 nitrogen and oxygen atoms in total. The fourth-order valence-corrected chi connectivity index (χ4v) is 4.79. The quantitative estimate of drug-likeness (QED) is 0.281. The molecule has 0 radical (unpaired) electrons. The van der Waals surface area contributed by atoms with Crippen LogP contribution >= 0.6 is 0 Å². The summed E-state index contributed by atoms with van der Waals surface area (Å²) in [6.07, 6.45) is 1.25. The van der Waals surface area contributed by atoms with Crippen LogP contribution in [0.4, 0.5) is 0 Å². The summed E-state index contributed by atoms with van der Waals surface area (Å²) >= 11 is 0. The standard InChI is InChI=1S/C32H39N3O5/c1-3-15-35(16-4-2)32(38)26-12-8-11-25(19-26)31(37)34-27(17-24-13-14-29-30(18-24)40-22-39-29)28(36)21-33-20-23-9-6-5-7-10-23/h5-14,18-19,27-28,33,36H,3-4,15-17,20-22H2,1-2H3,(H,34,37)/t27-,28+/m0/s1. The smallest absolute Gasteiger partial charge is 0.253 e. The third-order valence-electron chi connectivity index (χ3n) is 6.84.